The van der Waals surface area contributed by atoms with Crippen molar-refractivity contribution in [1.82, 2.24) is 4.90 Å². The zero-order valence-electron chi connectivity index (χ0n) is 12.6. The quantitative estimate of drug-likeness (QED) is 0.707. The maximum atomic E-state index is 11.6. The number of anilines is 2. The predicted octanol–water partition coefficient (Wildman–Crippen LogP) is 1.12. The van der Waals surface area contributed by atoms with Crippen LogP contribution in [0, 0.1) is 6.92 Å². The Morgan fingerprint density at radius 3 is 2.52 bits per heavy atom. The van der Waals surface area contributed by atoms with Crippen LogP contribution in [0.15, 0.2) is 17.0 Å². The summed E-state index contributed by atoms with van der Waals surface area (Å²) >= 11 is 0. The molecule has 0 aliphatic carbocycles. The molecule has 118 valence electrons. The van der Waals surface area contributed by atoms with Crippen LogP contribution < -0.4 is 16.2 Å². The van der Waals surface area contributed by atoms with E-state index in [0.717, 1.165) is 25.3 Å². The minimum absolute atomic E-state index is 0.0822. The SMILES string of the molecule is Cc1c(NCC(C)N2CCCC2)cc(N)cc1S(N)(=O)=O. The number of hydrogen-bond donors (Lipinski definition) is 3. The van der Waals surface area contributed by atoms with Crippen LogP contribution in [0.5, 0.6) is 0 Å². The molecule has 21 heavy (non-hydrogen) atoms. The molecular weight excluding hydrogens is 288 g/mol. The molecule has 1 heterocycles. The van der Waals surface area contributed by atoms with Crippen LogP contribution in [0.4, 0.5) is 11.4 Å². The Morgan fingerprint density at radius 1 is 1.33 bits per heavy atom. The number of sulfonamides is 1. The lowest BCUT2D eigenvalue weighted by atomic mass is 10.1. The fourth-order valence-electron chi connectivity index (χ4n) is 2.76. The average molecular weight is 312 g/mol. The lowest BCUT2D eigenvalue weighted by Gasteiger charge is -2.25. The number of hydrogen-bond acceptors (Lipinski definition) is 5. The van der Waals surface area contributed by atoms with Gasteiger partial charge in [0.15, 0.2) is 0 Å². The summed E-state index contributed by atoms with van der Waals surface area (Å²) in [5.74, 6) is 0. The summed E-state index contributed by atoms with van der Waals surface area (Å²) in [5, 5.41) is 8.53. The highest BCUT2D eigenvalue weighted by Gasteiger charge is 2.19. The number of nitrogens with two attached hydrogens (primary N) is 2. The molecule has 1 aliphatic heterocycles. The van der Waals surface area contributed by atoms with Crippen LogP contribution in [0.25, 0.3) is 0 Å². The molecule has 1 unspecified atom stereocenters. The topological polar surface area (TPSA) is 101 Å². The van der Waals surface area contributed by atoms with Crippen molar-refractivity contribution in [3.05, 3.63) is 17.7 Å². The zero-order valence-corrected chi connectivity index (χ0v) is 13.4. The van der Waals surface area contributed by atoms with Crippen LogP contribution in [-0.4, -0.2) is 39.0 Å². The van der Waals surface area contributed by atoms with E-state index in [1.807, 2.05) is 0 Å². The maximum absolute atomic E-state index is 11.6. The van der Waals surface area contributed by atoms with E-state index in [9.17, 15) is 8.42 Å². The van der Waals surface area contributed by atoms with Crippen LogP contribution in [0.2, 0.25) is 0 Å². The van der Waals surface area contributed by atoms with Crippen molar-refractivity contribution in [2.75, 3.05) is 30.7 Å². The molecule has 1 aromatic carbocycles. The first-order valence-corrected chi connectivity index (χ1v) is 8.74. The minimum Gasteiger partial charge on any atom is -0.399 e. The Bertz CT molecular complexity index is 610. The van der Waals surface area contributed by atoms with E-state index in [1.165, 1.54) is 18.9 Å². The van der Waals surface area contributed by atoms with E-state index in [4.69, 9.17) is 10.9 Å². The lowest BCUT2D eigenvalue weighted by molar-refractivity contribution is 0.269. The van der Waals surface area contributed by atoms with Gasteiger partial charge in [-0.15, -0.1) is 0 Å². The Kier molecular flexibility index (Phi) is 4.75. The Morgan fingerprint density at radius 2 is 1.95 bits per heavy atom. The van der Waals surface area contributed by atoms with Gasteiger partial charge in [0.25, 0.3) is 0 Å². The first kappa shape index (κ1) is 16.1. The van der Waals surface area contributed by atoms with Gasteiger partial charge in [-0.2, -0.15) is 0 Å². The van der Waals surface area contributed by atoms with Gasteiger partial charge in [-0.05, 0) is 57.5 Å². The second-order valence-corrected chi connectivity index (χ2v) is 7.24. The standard InChI is InChI=1S/C14H24N4O2S/c1-10(18-5-3-4-6-18)9-17-13-7-12(15)8-14(11(13)2)21(16,19)20/h7-8,10,17H,3-6,9,15H2,1-2H3,(H2,16,19,20). The van der Waals surface area contributed by atoms with E-state index < -0.39 is 10.0 Å². The summed E-state index contributed by atoms with van der Waals surface area (Å²) in [6.45, 7) is 6.90. The average Bonchev–Trinajstić information content (AvgIpc) is 2.91. The minimum atomic E-state index is -3.76. The van der Waals surface area contributed by atoms with Gasteiger partial charge < -0.3 is 11.1 Å². The molecule has 1 fully saturated rings. The number of rotatable bonds is 5. The van der Waals surface area contributed by atoms with Crippen molar-refractivity contribution < 1.29 is 8.42 Å². The molecule has 1 atom stereocenters. The molecule has 0 radical (unpaired) electrons. The maximum Gasteiger partial charge on any atom is 0.238 e. The third kappa shape index (κ3) is 3.87. The van der Waals surface area contributed by atoms with E-state index in [-0.39, 0.29) is 4.90 Å². The summed E-state index contributed by atoms with van der Waals surface area (Å²) in [5.41, 5.74) is 7.51. The second-order valence-electron chi connectivity index (χ2n) is 5.71. The van der Waals surface area contributed by atoms with E-state index in [2.05, 4.69) is 17.1 Å². The molecule has 0 spiro atoms. The van der Waals surface area contributed by atoms with Crippen LogP contribution in [-0.2, 0) is 10.0 Å². The smallest absolute Gasteiger partial charge is 0.238 e. The molecule has 0 bridgehead atoms. The zero-order chi connectivity index (χ0) is 15.6. The van der Waals surface area contributed by atoms with Gasteiger partial charge in [0, 0.05) is 24.0 Å². The molecule has 2 rings (SSSR count). The molecule has 5 N–H and O–H groups in total. The van der Waals surface area contributed by atoms with Gasteiger partial charge in [-0.25, -0.2) is 13.6 Å². The number of likely N-dealkylation sites (tertiary alicyclic amines) is 1. The molecule has 0 aromatic heterocycles. The predicted molar refractivity (Wildman–Crippen MR) is 85.7 cm³/mol. The van der Waals surface area contributed by atoms with E-state index in [1.54, 1.807) is 13.0 Å². The lowest BCUT2D eigenvalue weighted by Crippen LogP contribution is -2.35. The molecule has 6 nitrogen and oxygen atoms in total. The van der Waals surface area contributed by atoms with E-state index >= 15 is 0 Å². The Balaban J connectivity index is 2.14. The van der Waals surface area contributed by atoms with Gasteiger partial charge >= 0.3 is 0 Å². The molecule has 1 aromatic rings. The molecule has 0 amide bonds. The van der Waals surface area contributed by atoms with Crippen molar-refractivity contribution in [1.29, 1.82) is 0 Å². The monoisotopic (exact) mass is 312 g/mol. The summed E-state index contributed by atoms with van der Waals surface area (Å²) in [6, 6.07) is 3.55. The third-order valence-corrected chi connectivity index (χ3v) is 5.08. The van der Waals surface area contributed by atoms with Crippen molar-refractivity contribution >= 4 is 21.4 Å². The number of nitrogens with zero attached hydrogens (tertiary/aromatic N) is 1. The van der Waals surface area contributed by atoms with Crippen LogP contribution in [0.3, 0.4) is 0 Å². The fourth-order valence-corrected chi connectivity index (χ4v) is 3.59. The number of benzene rings is 1. The first-order chi connectivity index (χ1) is 9.79. The molecule has 1 saturated heterocycles. The van der Waals surface area contributed by atoms with Crippen molar-refractivity contribution in [3.8, 4) is 0 Å². The van der Waals surface area contributed by atoms with Crippen molar-refractivity contribution in [2.45, 2.75) is 37.6 Å². The van der Waals surface area contributed by atoms with Gasteiger partial charge in [0.2, 0.25) is 10.0 Å². The summed E-state index contributed by atoms with van der Waals surface area (Å²) in [4.78, 5) is 2.51. The van der Waals surface area contributed by atoms with Crippen LogP contribution in [0.1, 0.15) is 25.3 Å². The molecule has 1 aliphatic rings. The second kappa shape index (κ2) is 6.21. The Hall–Kier alpha value is -1.31. The molecule has 0 saturated carbocycles. The largest absolute Gasteiger partial charge is 0.399 e. The fraction of sp³-hybridized carbons (Fsp3) is 0.571. The summed E-state index contributed by atoms with van der Waals surface area (Å²) in [7, 11) is -3.76. The summed E-state index contributed by atoms with van der Waals surface area (Å²) < 4.78 is 23.2. The number of nitrogens with one attached hydrogen (secondary N) is 1. The third-order valence-electron chi connectivity index (χ3n) is 4.04. The summed E-state index contributed by atoms with van der Waals surface area (Å²) in [6.07, 6.45) is 2.49. The number of primary sulfonamides is 1. The highest BCUT2D eigenvalue weighted by Crippen LogP contribution is 2.26. The highest BCUT2D eigenvalue weighted by atomic mass is 32.2. The highest BCUT2D eigenvalue weighted by molar-refractivity contribution is 7.89. The van der Waals surface area contributed by atoms with Gasteiger partial charge in [-0.1, -0.05) is 0 Å². The molecule has 7 heteroatoms. The van der Waals surface area contributed by atoms with E-state index in [0.29, 0.717) is 17.3 Å². The first-order valence-electron chi connectivity index (χ1n) is 7.20. The Labute approximate surface area is 126 Å². The van der Waals surface area contributed by atoms with Gasteiger partial charge in [0.05, 0.1) is 4.90 Å². The normalized spacial score (nSPS) is 17.9. The van der Waals surface area contributed by atoms with Gasteiger partial charge in [-0.3, -0.25) is 4.90 Å². The van der Waals surface area contributed by atoms with Crippen molar-refractivity contribution in [3.63, 3.8) is 0 Å². The molecular formula is C14H24N4O2S. The van der Waals surface area contributed by atoms with Crippen LogP contribution >= 0.6 is 0 Å². The number of nitrogen functional groups attached to an aromatic ring is 1. The van der Waals surface area contributed by atoms with Gasteiger partial charge in [0.1, 0.15) is 0 Å². The van der Waals surface area contributed by atoms with Crippen molar-refractivity contribution in [2.24, 2.45) is 5.14 Å².